The monoisotopic (exact) mass is 457 g/mol. The molecule has 4 rings (SSSR count). The summed E-state index contributed by atoms with van der Waals surface area (Å²) < 4.78 is 5.14. The zero-order chi connectivity index (χ0) is 24.1. The fourth-order valence-corrected chi connectivity index (χ4v) is 3.98. The maximum Gasteiger partial charge on any atom is 0.332 e. The number of urea groups is 1. The zero-order valence-electron chi connectivity index (χ0n) is 19.2. The van der Waals surface area contributed by atoms with Gasteiger partial charge in [-0.3, -0.25) is 9.59 Å². The number of carbonyl (C=O) groups is 3. The molecule has 0 saturated carbocycles. The van der Waals surface area contributed by atoms with Crippen LogP contribution in [0.4, 0.5) is 16.2 Å². The fraction of sp³-hybridized carbons (Fsp3) is 0.222. The first-order chi connectivity index (χ1) is 16.5. The SMILES string of the molecule is COc1ccc(NC(=O)C[C@@H]2C(=O)N(c3ccc(C)cc3)C(=O)N2CCc2ccccc2)cc1. The van der Waals surface area contributed by atoms with Crippen LogP contribution >= 0.6 is 0 Å². The second-order valence-electron chi connectivity index (χ2n) is 8.22. The number of ether oxygens (including phenoxy) is 1. The lowest BCUT2D eigenvalue weighted by Crippen LogP contribution is -2.39. The van der Waals surface area contributed by atoms with E-state index in [0.29, 0.717) is 30.1 Å². The van der Waals surface area contributed by atoms with Crippen molar-refractivity contribution in [2.75, 3.05) is 23.9 Å². The summed E-state index contributed by atoms with van der Waals surface area (Å²) in [4.78, 5) is 42.2. The molecule has 3 aromatic rings. The molecule has 1 saturated heterocycles. The molecular formula is C27H27N3O4. The first-order valence-corrected chi connectivity index (χ1v) is 11.2. The second kappa shape index (κ2) is 10.2. The van der Waals surface area contributed by atoms with E-state index in [4.69, 9.17) is 4.74 Å². The average molecular weight is 458 g/mol. The van der Waals surface area contributed by atoms with Gasteiger partial charge in [0.2, 0.25) is 5.91 Å². The number of rotatable bonds is 8. The number of nitrogens with one attached hydrogen (secondary N) is 1. The normalized spacial score (nSPS) is 15.5. The minimum atomic E-state index is -0.879. The maximum atomic E-state index is 13.4. The Bertz CT molecular complexity index is 1160. The van der Waals surface area contributed by atoms with Crippen LogP contribution < -0.4 is 15.0 Å². The number of hydrogen-bond donors (Lipinski definition) is 1. The highest BCUT2D eigenvalue weighted by atomic mass is 16.5. The Kier molecular flexibility index (Phi) is 6.92. The van der Waals surface area contributed by atoms with Gasteiger partial charge in [-0.25, -0.2) is 9.69 Å². The molecule has 34 heavy (non-hydrogen) atoms. The van der Waals surface area contributed by atoms with Crippen molar-refractivity contribution in [2.45, 2.75) is 25.8 Å². The van der Waals surface area contributed by atoms with E-state index in [1.807, 2.05) is 49.4 Å². The molecule has 1 atom stereocenters. The predicted molar refractivity (Wildman–Crippen MR) is 131 cm³/mol. The number of imide groups is 1. The van der Waals surface area contributed by atoms with Crippen molar-refractivity contribution in [1.82, 2.24) is 4.90 Å². The highest BCUT2D eigenvalue weighted by molar-refractivity contribution is 6.22. The molecule has 1 N–H and O–H groups in total. The quantitative estimate of drug-likeness (QED) is 0.508. The molecule has 1 fully saturated rings. The van der Waals surface area contributed by atoms with Gasteiger partial charge in [0.25, 0.3) is 5.91 Å². The van der Waals surface area contributed by atoms with Crippen molar-refractivity contribution >= 4 is 29.2 Å². The Morgan fingerprint density at radius 3 is 2.26 bits per heavy atom. The van der Waals surface area contributed by atoms with Gasteiger partial charge in [-0.15, -0.1) is 0 Å². The number of benzene rings is 3. The molecule has 7 heteroatoms. The van der Waals surface area contributed by atoms with Crippen LogP contribution in [0, 0.1) is 6.92 Å². The average Bonchev–Trinajstić information content (AvgIpc) is 3.08. The number of methoxy groups -OCH3 is 1. The molecule has 0 aliphatic carbocycles. The molecule has 4 amide bonds. The lowest BCUT2D eigenvalue weighted by Gasteiger charge is -2.21. The third-order valence-electron chi connectivity index (χ3n) is 5.85. The highest BCUT2D eigenvalue weighted by Gasteiger charge is 2.46. The van der Waals surface area contributed by atoms with Crippen LogP contribution in [0.5, 0.6) is 5.75 Å². The Balaban J connectivity index is 1.53. The zero-order valence-corrected chi connectivity index (χ0v) is 19.2. The Labute approximate surface area is 198 Å². The van der Waals surface area contributed by atoms with Gasteiger partial charge in [0.15, 0.2) is 0 Å². The van der Waals surface area contributed by atoms with Crippen LogP contribution in [0.25, 0.3) is 0 Å². The van der Waals surface area contributed by atoms with E-state index in [1.165, 1.54) is 9.80 Å². The van der Waals surface area contributed by atoms with Crippen molar-refractivity contribution in [3.63, 3.8) is 0 Å². The number of hydrogen-bond acceptors (Lipinski definition) is 4. The van der Waals surface area contributed by atoms with E-state index in [2.05, 4.69) is 5.32 Å². The first-order valence-electron chi connectivity index (χ1n) is 11.2. The molecule has 0 aromatic heterocycles. The molecule has 174 valence electrons. The lowest BCUT2D eigenvalue weighted by atomic mass is 10.1. The van der Waals surface area contributed by atoms with E-state index in [0.717, 1.165) is 11.1 Å². The summed E-state index contributed by atoms with van der Waals surface area (Å²) in [5, 5.41) is 2.81. The van der Waals surface area contributed by atoms with Gasteiger partial charge in [-0.05, 0) is 55.3 Å². The first kappa shape index (κ1) is 23.0. The van der Waals surface area contributed by atoms with Crippen molar-refractivity contribution < 1.29 is 19.1 Å². The van der Waals surface area contributed by atoms with Crippen LogP contribution in [-0.2, 0) is 16.0 Å². The van der Waals surface area contributed by atoms with Gasteiger partial charge < -0.3 is 15.0 Å². The van der Waals surface area contributed by atoms with Gasteiger partial charge in [0.05, 0.1) is 19.2 Å². The number of nitrogens with zero attached hydrogens (tertiary/aromatic N) is 2. The van der Waals surface area contributed by atoms with Crippen molar-refractivity contribution in [1.29, 1.82) is 0 Å². The summed E-state index contributed by atoms with van der Waals surface area (Å²) in [5.41, 5.74) is 3.18. The molecule has 0 bridgehead atoms. The largest absolute Gasteiger partial charge is 0.497 e. The van der Waals surface area contributed by atoms with Crippen LogP contribution in [-0.4, -0.2) is 42.4 Å². The van der Waals surface area contributed by atoms with Crippen molar-refractivity contribution in [3.05, 3.63) is 90.0 Å². The van der Waals surface area contributed by atoms with Crippen LogP contribution in [0.3, 0.4) is 0 Å². The minimum absolute atomic E-state index is 0.131. The van der Waals surface area contributed by atoms with Gasteiger partial charge in [-0.1, -0.05) is 48.0 Å². The van der Waals surface area contributed by atoms with E-state index in [1.54, 1.807) is 43.5 Å². The summed E-state index contributed by atoms with van der Waals surface area (Å²) in [5.74, 6) is -0.0611. The number of carbonyl (C=O) groups excluding carboxylic acids is 3. The van der Waals surface area contributed by atoms with Crippen LogP contribution in [0.15, 0.2) is 78.9 Å². The number of anilines is 2. The molecular weight excluding hydrogens is 430 g/mol. The fourth-order valence-electron chi connectivity index (χ4n) is 3.98. The third kappa shape index (κ3) is 5.09. The van der Waals surface area contributed by atoms with Crippen LogP contribution in [0.2, 0.25) is 0 Å². The number of aryl methyl sites for hydroxylation is 1. The third-order valence-corrected chi connectivity index (χ3v) is 5.85. The Hall–Kier alpha value is -4.13. The summed E-state index contributed by atoms with van der Waals surface area (Å²) >= 11 is 0. The van der Waals surface area contributed by atoms with Crippen LogP contribution in [0.1, 0.15) is 17.5 Å². The number of amides is 4. The smallest absolute Gasteiger partial charge is 0.332 e. The molecule has 0 radical (unpaired) electrons. The van der Waals surface area contributed by atoms with E-state index >= 15 is 0 Å². The predicted octanol–water partition coefficient (Wildman–Crippen LogP) is 4.41. The second-order valence-corrected chi connectivity index (χ2v) is 8.22. The summed E-state index contributed by atoms with van der Waals surface area (Å²) in [6, 6.07) is 22.6. The van der Waals surface area contributed by atoms with Gasteiger partial charge in [-0.2, -0.15) is 0 Å². The standard InChI is InChI=1S/C27H27N3O4/c1-19-8-12-22(13-9-19)30-26(32)24(18-25(31)28-21-10-14-23(34-2)15-11-21)29(27(30)33)17-16-20-6-4-3-5-7-20/h3-15,24H,16-18H2,1-2H3,(H,28,31)/t24-/m1/s1. The summed E-state index contributed by atoms with van der Waals surface area (Å²) in [6.45, 7) is 2.27. The molecule has 0 unspecified atom stereocenters. The van der Waals surface area contributed by atoms with Gasteiger partial charge >= 0.3 is 6.03 Å². The molecule has 3 aromatic carbocycles. The van der Waals surface area contributed by atoms with E-state index in [-0.39, 0.29) is 12.3 Å². The molecule has 1 heterocycles. The molecule has 1 aliphatic heterocycles. The highest BCUT2D eigenvalue weighted by Crippen LogP contribution is 2.28. The molecule has 1 aliphatic rings. The minimum Gasteiger partial charge on any atom is -0.497 e. The summed E-state index contributed by atoms with van der Waals surface area (Å²) in [7, 11) is 1.57. The Morgan fingerprint density at radius 1 is 0.941 bits per heavy atom. The maximum absolute atomic E-state index is 13.4. The van der Waals surface area contributed by atoms with Gasteiger partial charge in [0, 0.05) is 12.2 Å². The molecule has 0 spiro atoms. The van der Waals surface area contributed by atoms with E-state index in [9.17, 15) is 14.4 Å². The Morgan fingerprint density at radius 2 is 1.62 bits per heavy atom. The van der Waals surface area contributed by atoms with Crippen molar-refractivity contribution in [3.8, 4) is 5.75 Å². The topological polar surface area (TPSA) is 79.0 Å². The van der Waals surface area contributed by atoms with Gasteiger partial charge in [0.1, 0.15) is 11.8 Å². The molecule has 7 nitrogen and oxygen atoms in total. The van der Waals surface area contributed by atoms with E-state index < -0.39 is 18.0 Å². The van der Waals surface area contributed by atoms with Crippen molar-refractivity contribution in [2.24, 2.45) is 0 Å². The summed E-state index contributed by atoms with van der Waals surface area (Å²) in [6.07, 6.45) is 0.450. The lowest BCUT2D eigenvalue weighted by molar-refractivity contribution is -0.124.